The monoisotopic (exact) mass is 317 g/mol. The first-order chi connectivity index (χ1) is 10.6. The lowest BCUT2D eigenvalue weighted by molar-refractivity contribution is 0.112. The highest BCUT2D eigenvalue weighted by Crippen LogP contribution is 2.31. The van der Waals surface area contributed by atoms with Crippen LogP contribution in [0.3, 0.4) is 0 Å². The molecule has 3 aromatic rings. The van der Waals surface area contributed by atoms with Crippen molar-refractivity contribution in [2.75, 3.05) is 0 Å². The molecule has 0 radical (unpaired) electrons. The Morgan fingerprint density at radius 3 is 2.73 bits per heavy atom. The molecule has 5 heteroatoms. The van der Waals surface area contributed by atoms with Gasteiger partial charge in [-0.2, -0.15) is 0 Å². The molecule has 2 nitrogen and oxygen atoms in total. The summed E-state index contributed by atoms with van der Waals surface area (Å²) in [6, 6.07) is 10.5. The van der Waals surface area contributed by atoms with Crippen LogP contribution in [0.2, 0.25) is 5.02 Å². The largest absolute Gasteiger partial charge is 0.298 e. The van der Waals surface area contributed by atoms with Crippen LogP contribution in [0, 0.1) is 5.82 Å². The number of benzene rings is 2. The first-order valence-electron chi connectivity index (χ1n) is 6.53. The molecule has 0 saturated carbocycles. The van der Waals surface area contributed by atoms with Crippen LogP contribution < -0.4 is 0 Å². The molecule has 0 aliphatic carbocycles. The van der Waals surface area contributed by atoms with Gasteiger partial charge in [0.25, 0.3) is 0 Å². The zero-order valence-corrected chi connectivity index (χ0v) is 12.1. The molecular formula is C17H10ClF2NO. The number of carbonyl (C=O) groups is 1. The van der Waals surface area contributed by atoms with E-state index < -0.39 is 12.5 Å². The predicted molar refractivity (Wildman–Crippen MR) is 82.3 cm³/mol. The zero-order chi connectivity index (χ0) is 15.7. The van der Waals surface area contributed by atoms with Gasteiger partial charge in [0.15, 0.2) is 6.29 Å². The number of fused-ring (bicyclic) bond motifs is 1. The summed E-state index contributed by atoms with van der Waals surface area (Å²) in [5, 5.41) is 1.10. The number of pyridine rings is 1. The number of aromatic nitrogens is 1. The topological polar surface area (TPSA) is 30.0 Å². The van der Waals surface area contributed by atoms with E-state index in [1.54, 1.807) is 24.3 Å². The van der Waals surface area contributed by atoms with E-state index in [2.05, 4.69) is 4.98 Å². The maximum Gasteiger partial charge on any atom is 0.152 e. The Balaban J connectivity index is 2.37. The summed E-state index contributed by atoms with van der Waals surface area (Å²) in [4.78, 5) is 15.7. The molecule has 2 aromatic carbocycles. The van der Waals surface area contributed by atoms with Crippen molar-refractivity contribution in [3.05, 3.63) is 64.4 Å². The van der Waals surface area contributed by atoms with Crippen molar-refractivity contribution in [1.82, 2.24) is 4.98 Å². The van der Waals surface area contributed by atoms with Crippen LogP contribution in [-0.4, -0.2) is 11.3 Å². The van der Waals surface area contributed by atoms with Crippen LogP contribution in [0.4, 0.5) is 8.78 Å². The van der Waals surface area contributed by atoms with E-state index in [1.807, 2.05) is 0 Å². The third kappa shape index (κ3) is 2.46. The van der Waals surface area contributed by atoms with Gasteiger partial charge in [0.05, 0.1) is 16.2 Å². The molecule has 0 aliphatic heterocycles. The van der Waals surface area contributed by atoms with Crippen LogP contribution in [0.5, 0.6) is 0 Å². The molecule has 1 aromatic heterocycles. The van der Waals surface area contributed by atoms with E-state index in [9.17, 15) is 13.6 Å². The highest BCUT2D eigenvalue weighted by atomic mass is 35.5. The molecule has 0 bridgehead atoms. The average molecular weight is 318 g/mol. The SMILES string of the molecule is O=Cc1cc2cccc(Cl)c2nc1-c1cc(F)ccc1CF. The number of alkyl halides is 1. The number of hydrogen-bond acceptors (Lipinski definition) is 2. The Morgan fingerprint density at radius 2 is 2.00 bits per heavy atom. The Hall–Kier alpha value is -2.33. The van der Waals surface area contributed by atoms with E-state index >= 15 is 0 Å². The van der Waals surface area contributed by atoms with Crippen molar-refractivity contribution in [3.8, 4) is 11.3 Å². The molecule has 0 fully saturated rings. The quantitative estimate of drug-likeness (QED) is 0.638. The van der Waals surface area contributed by atoms with Crippen LogP contribution in [0.15, 0.2) is 42.5 Å². The lowest BCUT2D eigenvalue weighted by atomic mass is 9.99. The summed E-state index contributed by atoms with van der Waals surface area (Å²) >= 11 is 6.12. The van der Waals surface area contributed by atoms with Crippen LogP contribution in [-0.2, 0) is 6.67 Å². The molecule has 0 aliphatic rings. The smallest absolute Gasteiger partial charge is 0.152 e. The fourth-order valence-electron chi connectivity index (χ4n) is 2.37. The van der Waals surface area contributed by atoms with Crippen LogP contribution >= 0.6 is 11.6 Å². The standard InChI is InChI=1S/C17H10ClF2NO/c18-15-3-1-2-10-6-12(9-22)16(21-17(10)15)14-7-13(20)5-4-11(14)8-19/h1-7,9H,8H2. The molecule has 22 heavy (non-hydrogen) atoms. The molecule has 110 valence electrons. The normalized spacial score (nSPS) is 10.9. The Kier molecular flexibility index (Phi) is 3.86. The van der Waals surface area contributed by atoms with E-state index in [0.29, 0.717) is 22.2 Å². The van der Waals surface area contributed by atoms with Gasteiger partial charge < -0.3 is 0 Å². The first kappa shape index (κ1) is 14.6. The summed E-state index contributed by atoms with van der Waals surface area (Å²) in [7, 11) is 0. The lowest BCUT2D eigenvalue weighted by Gasteiger charge is -2.11. The zero-order valence-electron chi connectivity index (χ0n) is 11.3. The van der Waals surface area contributed by atoms with Gasteiger partial charge in [-0.05, 0) is 29.8 Å². The van der Waals surface area contributed by atoms with Crippen molar-refractivity contribution < 1.29 is 13.6 Å². The van der Waals surface area contributed by atoms with E-state index in [-0.39, 0.29) is 22.4 Å². The molecule has 0 N–H and O–H groups in total. The number of para-hydroxylation sites is 1. The third-order valence-electron chi connectivity index (χ3n) is 3.42. The minimum atomic E-state index is -0.782. The number of rotatable bonds is 3. The van der Waals surface area contributed by atoms with E-state index in [1.165, 1.54) is 18.2 Å². The van der Waals surface area contributed by atoms with Gasteiger partial charge in [-0.1, -0.05) is 29.8 Å². The molecule has 0 atom stereocenters. The van der Waals surface area contributed by atoms with Crippen molar-refractivity contribution in [2.24, 2.45) is 0 Å². The third-order valence-corrected chi connectivity index (χ3v) is 3.73. The second kappa shape index (κ2) is 5.81. The van der Waals surface area contributed by atoms with Crippen molar-refractivity contribution in [2.45, 2.75) is 6.67 Å². The van der Waals surface area contributed by atoms with Gasteiger partial charge in [-0.15, -0.1) is 0 Å². The lowest BCUT2D eigenvalue weighted by Crippen LogP contribution is -1.97. The van der Waals surface area contributed by atoms with Gasteiger partial charge in [0.2, 0.25) is 0 Å². The molecule has 0 unspecified atom stereocenters. The van der Waals surface area contributed by atoms with Crippen molar-refractivity contribution in [3.63, 3.8) is 0 Å². The Labute approximate surface area is 130 Å². The summed E-state index contributed by atoms with van der Waals surface area (Å²) in [5.41, 5.74) is 1.49. The molecule has 1 heterocycles. The minimum absolute atomic E-state index is 0.225. The van der Waals surface area contributed by atoms with E-state index in [4.69, 9.17) is 11.6 Å². The summed E-state index contributed by atoms with van der Waals surface area (Å²) in [6.45, 7) is -0.782. The summed E-state index contributed by atoms with van der Waals surface area (Å²) < 4.78 is 26.7. The molecule has 0 saturated heterocycles. The highest BCUT2D eigenvalue weighted by molar-refractivity contribution is 6.35. The summed E-state index contributed by atoms with van der Waals surface area (Å²) in [6.07, 6.45) is 0.621. The molecular weight excluding hydrogens is 308 g/mol. The maximum atomic E-state index is 13.5. The van der Waals surface area contributed by atoms with Crippen LogP contribution in [0.25, 0.3) is 22.2 Å². The first-order valence-corrected chi connectivity index (χ1v) is 6.91. The number of halogens is 3. The number of aldehydes is 1. The second-order valence-electron chi connectivity index (χ2n) is 4.79. The summed E-state index contributed by atoms with van der Waals surface area (Å²) in [5.74, 6) is -0.523. The van der Waals surface area contributed by atoms with E-state index in [0.717, 1.165) is 0 Å². The second-order valence-corrected chi connectivity index (χ2v) is 5.20. The van der Waals surface area contributed by atoms with Gasteiger partial charge in [0.1, 0.15) is 12.5 Å². The van der Waals surface area contributed by atoms with Gasteiger partial charge in [-0.25, -0.2) is 13.8 Å². The Bertz CT molecular complexity index is 880. The molecule has 3 rings (SSSR count). The maximum absolute atomic E-state index is 13.5. The number of carbonyl (C=O) groups excluding carboxylic acids is 1. The number of hydrogen-bond donors (Lipinski definition) is 0. The number of nitrogens with zero attached hydrogens (tertiary/aromatic N) is 1. The predicted octanol–water partition coefficient (Wildman–Crippen LogP) is 4.98. The molecule has 0 amide bonds. The highest BCUT2D eigenvalue weighted by Gasteiger charge is 2.15. The van der Waals surface area contributed by atoms with Crippen molar-refractivity contribution in [1.29, 1.82) is 0 Å². The van der Waals surface area contributed by atoms with Gasteiger partial charge in [-0.3, -0.25) is 4.79 Å². The fourth-order valence-corrected chi connectivity index (χ4v) is 2.59. The average Bonchev–Trinajstić information content (AvgIpc) is 2.54. The Morgan fingerprint density at radius 1 is 1.18 bits per heavy atom. The minimum Gasteiger partial charge on any atom is -0.298 e. The van der Waals surface area contributed by atoms with Gasteiger partial charge in [0, 0.05) is 16.5 Å². The molecule has 0 spiro atoms. The van der Waals surface area contributed by atoms with Crippen molar-refractivity contribution >= 4 is 28.8 Å². The van der Waals surface area contributed by atoms with Crippen LogP contribution in [0.1, 0.15) is 15.9 Å². The fraction of sp³-hybridized carbons (Fsp3) is 0.0588. The van der Waals surface area contributed by atoms with Gasteiger partial charge >= 0.3 is 0 Å².